The first kappa shape index (κ1) is 17.4. The number of hydrogen-bond donors (Lipinski definition) is 0. The van der Waals surface area contributed by atoms with Crippen LogP contribution in [0.5, 0.6) is 0 Å². The van der Waals surface area contributed by atoms with Gasteiger partial charge in [0.05, 0.1) is 18.5 Å². The van der Waals surface area contributed by atoms with Gasteiger partial charge in [-0.05, 0) is 42.9 Å². The van der Waals surface area contributed by atoms with E-state index in [2.05, 4.69) is 39.8 Å². The van der Waals surface area contributed by atoms with Gasteiger partial charge >= 0.3 is 7.60 Å². The highest BCUT2D eigenvalue weighted by Gasteiger charge is 2.30. The van der Waals surface area contributed by atoms with Crippen LogP contribution in [0, 0.1) is 0 Å². The molecule has 0 unspecified atom stereocenters. The Morgan fingerprint density at radius 3 is 1.95 bits per heavy atom. The summed E-state index contributed by atoms with van der Waals surface area (Å²) >= 11 is 0. The fourth-order valence-corrected chi connectivity index (χ4v) is 4.15. The predicted octanol–water partition coefficient (Wildman–Crippen LogP) is 4.82. The summed E-state index contributed by atoms with van der Waals surface area (Å²) < 4.78 is 24.1. The summed E-state index contributed by atoms with van der Waals surface area (Å²) in [4.78, 5) is 0. The normalized spacial score (nSPS) is 12.4. The van der Waals surface area contributed by atoms with Crippen LogP contribution >= 0.6 is 7.60 Å². The van der Waals surface area contributed by atoms with Crippen LogP contribution in [0.1, 0.15) is 64.5 Å². The summed E-state index contributed by atoms with van der Waals surface area (Å²) in [6.07, 6.45) is 0. The lowest BCUT2D eigenvalue weighted by molar-refractivity contribution is 0.229. The molecule has 20 heavy (non-hydrogen) atoms. The maximum atomic E-state index is 13.1. The first-order valence-corrected chi connectivity index (χ1v) is 8.93. The Morgan fingerprint density at radius 2 is 1.55 bits per heavy atom. The van der Waals surface area contributed by atoms with Gasteiger partial charge in [-0.25, -0.2) is 0 Å². The second kappa shape index (κ2) is 7.40. The predicted molar refractivity (Wildman–Crippen MR) is 85.1 cm³/mol. The maximum Gasteiger partial charge on any atom is 0.361 e. The molecular formula is C16H27O3P. The molecule has 4 heteroatoms. The van der Waals surface area contributed by atoms with Crippen molar-refractivity contribution in [2.75, 3.05) is 13.2 Å². The largest absolute Gasteiger partial charge is 0.361 e. The standard InChI is InChI=1S/C16H27O3P/c1-7-18-20(17,19-8-2)16-11-14(12(3)4)9-10-15(16)13(5)6/h9-13H,7-8H2,1-6H3. The Bertz CT molecular complexity index is 471. The molecule has 0 amide bonds. The zero-order chi connectivity index (χ0) is 15.3. The highest BCUT2D eigenvalue weighted by atomic mass is 31.2. The zero-order valence-corrected chi connectivity index (χ0v) is 14.4. The second-order valence-electron chi connectivity index (χ2n) is 5.46. The molecule has 3 nitrogen and oxygen atoms in total. The van der Waals surface area contributed by atoms with Crippen LogP contribution in [0.3, 0.4) is 0 Å². The van der Waals surface area contributed by atoms with Gasteiger partial charge in [0.2, 0.25) is 0 Å². The van der Waals surface area contributed by atoms with E-state index in [1.54, 1.807) is 0 Å². The summed E-state index contributed by atoms with van der Waals surface area (Å²) in [5, 5.41) is 0.724. The lowest BCUT2D eigenvalue weighted by Crippen LogP contribution is -2.18. The van der Waals surface area contributed by atoms with E-state index in [1.165, 1.54) is 0 Å². The molecule has 0 aliphatic carbocycles. The molecule has 1 aromatic rings. The molecule has 1 aromatic carbocycles. The van der Waals surface area contributed by atoms with E-state index in [0.29, 0.717) is 19.1 Å². The van der Waals surface area contributed by atoms with Crippen LogP contribution in [0.2, 0.25) is 0 Å². The molecule has 0 saturated carbocycles. The third kappa shape index (κ3) is 3.94. The molecule has 0 spiro atoms. The molecule has 0 heterocycles. The number of rotatable bonds is 7. The van der Waals surface area contributed by atoms with E-state index in [9.17, 15) is 4.57 Å². The van der Waals surface area contributed by atoms with E-state index in [-0.39, 0.29) is 5.92 Å². The summed E-state index contributed by atoms with van der Waals surface area (Å²) in [6, 6.07) is 6.15. The minimum atomic E-state index is -3.23. The fraction of sp³-hybridized carbons (Fsp3) is 0.625. The van der Waals surface area contributed by atoms with Gasteiger partial charge in [-0.1, -0.05) is 39.8 Å². The minimum Gasteiger partial charge on any atom is -0.305 e. The molecule has 1 rings (SSSR count). The average molecular weight is 298 g/mol. The minimum absolute atomic E-state index is 0.278. The number of hydrogen-bond acceptors (Lipinski definition) is 3. The van der Waals surface area contributed by atoms with Gasteiger partial charge in [0.15, 0.2) is 0 Å². The van der Waals surface area contributed by atoms with Crippen LogP contribution in [0.15, 0.2) is 18.2 Å². The smallest absolute Gasteiger partial charge is 0.305 e. The molecular weight excluding hydrogens is 271 g/mol. The van der Waals surface area contributed by atoms with Gasteiger partial charge in [0.25, 0.3) is 0 Å². The second-order valence-corrected chi connectivity index (χ2v) is 7.45. The lowest BCUT2D eigenvalue weighted by Gasteiger charge is -2.23. The van der Waals surface area contributed by atoms with Crippen molar-refractivity contribution in [3.05, 3.63) is 29.3 Å². The third-order valence-corrected chi connectivity index (χ3v) is 5.41. The number of benzene rings is 1. The van der Waals surface area contributed by atoms with Crippen LogP contribution < -0.4 is 5.30 Å². The molecule has 0 aliphatic heterocycles. The van der Waals surface area contributed by atoms with Crippen LogP contribution in [0.25, 0.3) is 0 Å². The molecule has 0 atom stereocenters. The van der Waals surface area contributed by atoms with Gasteiger partial charge in [-0.15, -0.1) is 0 Å². The molecule has 0 bridgehead atoms. The Kier molecular flexibility index (Phi) is 6.44. The van der Waals surface area contributed by atoms with Gasteiger partial charge in [-0.3, -0.25) is 4.57 Å². The van der Waals surface area contributed by atoms with Crippen molar-refractivity contribution in [3.63, 3.8) is 0 Å². The van der Waals surface area contributed by atoms with E-state index in [1.807, 2.05) is 19.9 Å². The van der Waals surface area contributed by atoms with Crippen molar-refractivity contribution in [1.29, 1.82) is 0 Å². The molecule has 0 fully saturated rings. The average Bonchev–Trinajstić information content (AvgIpc) is 2.38. The molecule has 0 saturated heterocycles. The van der Waals surface area contributed by atoms with Gasteiger partial charge in [0.1, 0.15) is 0 Å². The molecule has 0 N–H and O–H groups in total. The Labute approximate surface area is 123 Å². The van der Waals surface area contributed by atoms with Crippen molar-refractivity contribution >= 4 is 12.9 Å². The van der Waals surface area contributed by atoms with E-state index >= 15 is 0 Å². The van der Waals surface area contributed by atoms with E-state index < -0.39 is 7.60 Å². The van der Waals surface area contributed by atoms with Gasteiger partial charge in [0, 0.05) is 0 Å². The Hall–Kier alpha value is -0.630. The highest BCUT2D eigenvalue weighted by molar-refractivity contribution is 7.62. The van der Waals surface area contributed by atoms with Crippen molar-refractivity contribution in [2.45, 2.75) is 53.4 Å². The lowest BCUT2D eigenvalue weighted by atomic mass is 9.97. The van der Waals surface area contributed by atoms with Crippen LogP contribution in [-0.2, 0) is 13.6 Å². The van der Waals surface area contributed by atoms with Gasteiger partial charge < -0.3 is 9.05 Å². The van der Waals surface area contributed by atoms with Crippen LogP contribution in [-0.4, -0.2) is 13.2 Å². The Morgan fingerprint density at radius 1 is 1.00 bits per heavy atom. The summed E-state index contributed by atoms with van der Waals surface area (Å²) in [7, 11) is -3.23. The molecule has 0 aromatic heterocycles. The first-order valence-electron chi connectivity index (χ1n) is 7.39. The van der Waals surface area contributed by atoms with Gasteiger partial charge in [-0.2, -0.15) is 0 Å². The quantitative estimate of drug-likeness (QED) is 0.677. The monoisotopic (exact) mass is 298 g/mol. The van der Waals surface area contributed by atoms with E-state index in [4.69, 9.17) is 9.05 Å². The van der Waals surface area contributed by atoms with Crippen molar-refractivity contribution in [1.82, 2.24) is 0 Å². The molecule has 0 radical (unpaired) electrons. The van der Waals surface area contributed by atoms with Crippen molar-refractivity contribution < 1.29 is 13.6 Å². The fourth-order valence-electron chi connectivity index (χ4n) is 2.16. The molecule has 114 valence electrons. The SMILES string of the molecule is CCOP(=O)(OCC)c1cc(C(C)C)ccc1C(C)C. The highest BCUT2D eigenvalue weighted by Crippen LogP contribution is 2.49. The summed E-state index contributed by atoms with van der Waals surface area (Å²) in [6.45, 7) is 12.9. The first-order chi connectivity index (χ1) is 9.35. The molecule has 0 aliphatic rings. The summed E-state index contributed by atoms with van der Waals surface area (Å²) in [5.74, 6) is 0.659. The maximum absolute atomic E-state index is 13.1. The van der Waals surface area contributed by atoms with E-state index in [0.717, 1.165) is 16.4 Å². The third-order valence-electron chi connectivity index (χ3n) is 3.24. The zero-order valence-electron chi connectivity index (χ0n) is 13.5. The van der Waals surface area contributed by atoms with Crippen molar-refractivity contribution in [2.24, 2.45) is 0 Å². The topological polar surface area (TPSA) is 35.5 Å². The van der Waals surface area contributed by atoms with Crippen LogP contribution in [0.4, 0.5) is 0 Å². The summed E-state index contributed by atoms with van der Waals surface area (Å²) in [5.41, 5.74) is 2.20. The Balaban J connectivity index is 3.43. The van der Waals surface area contributed by atoms with Crippen molar-refractivity contribution in [3.8, 4) is 0 Å².